The van der Waals surface area contributed by atoms with E-state index in [2.05, 4.69) is 32.7 Å². The molecule has 0 saturated heterocycles. The summed E-state index contributed by atoms with van der Waals surface area (Å²) in [6.07, 6.45) is -0.891. The van der Waals surface area contributed by atoms with E-state index in [1.54, 1.807) is 30.6 Å². The molecule has 69 heavy (non-hydrogen) atoms. The van der Waals surface area contributed by atoms with Crippen molar-refractivity contribution in [3.05, 3.63) is 179 Å². The topological polar surface area (TPSA) is 101 Å². The lowest BCUT2D eigenvalue weighted by Crippen LogP contribution is -2.53. The molecule has 0 radical (unpaired) electrons. The number of nitrogens with zero attached hydrogens (tertiary/aromatic N) is 4. The molecule has 6 aromatic carbocycles. The monoisotopic (exact) mass is 948 g/mol. The van der Waals surface area contributed by atoms with Crippen LogP contribution in [0, 0.1) is 0 Å². The van der Waals surface area contributed by atoms with E-state index in [1.165, 1.54) is 13.2 Å². The fourth-order valence-electron chi connectivity index (χ4n) is 7.15. The molecule has 2 aromatic heterocycles. The average Bonchev–Trinajstić information content (AvgIpc) is 3.94. The summed E-state index contributed by atoms with van der Waals surface area (Å²) in [7, 11) is 1.38. The van der Waals surface area contributed by atoms with Gasteiger partial charge in [0.05, 0.1) is 46.9 Å². The second kappa shape index (κ2) is 21.1. The summed E-state index contributed by atoms with van der Waals surface area (Å²) in [5, 5.41) is 9.50. The first-order chi connectivity index (χ1) is 32.3. The van der Waals surface area contributed by atoms with Crippen LogP contribution in [0.2, 0.25) is 0 Å². The van der Waals surface area contributed by atoms with E-state index in [9.17, 15) is 36.2 Å². The fraction of sp³-hybridized carbons (Fsp3) is 0.204. The maximum absolute atomic E-state index is 13.1. The first kappa shape index (κ1) is 50.8. The molecule has 0 bridgehead atoms. The molecule has 0 unspecified atom stereocenters. The molecule has 9 nitrogen and oxygen atoms in total. The van der Waals surface area contributed by atoms with Crippen LogP contribution < -0.4 is 9.47 Å². The number of benzene rings is 6. The molecule has 8 aromatic rings. The Morgan fingerprint density at radius 1 is 0.551 bits per heavy atom. The Hall–Kier alpha value is -7.65. The Labute approximate surface area is 395 Å². The van der Waals surface area contributed by atoms with Crippen LogP contribution in [0.3, 0.4) is 0 Å². The number of halogens is 6. The van der Waals surface area contributed by atoms with Gasteiger partial charge >= 0.3 is 18.3 Å². The predicted octanol–water partition coefficient (Wildman–Crippen LogP) is 13.7. The van der Waals surface area contributed by atoms with Gasteiger partial charge in [0.2, 0.25) is 0 Å². The number of aliphatic hydroxyl groups is 1. The third kappa shape index (κ3) is 11.7. The number of esters is 1. The van der Waals surface area contributed by atoms with Gasteiger partial charge < -0.3 is 19.3 Å². The summed E-state index contributed by atoms with van der Waals surface area (Å²) in [5.41, 5.74) is 2.84. The number of methoxy groups -OCH3 is 1. The van der Waals surface area contributed by atoms with E-state index in [0.29, 0.717) is 28.8 Å². The number of carbonyl (C=O) groups is 1. The van der Waals surface area contributed by atoms with E-state index in [0.717, 1.165) is 68.2 Å². The Morgan fingerprint density at radius 2 is 0.913 bits per heavy atom. The van der Waals surface area contributed by atoms with Gasteiger partial charge in [-0.1, -0.05) is 80.3 Å². The number of alkyl halides is 6. The molecule has 0 aliphatic carbocycles. The van der Waals surface area contributed by atoms with Gasteiger partial charge in [-0.15, -0.1) is 0 Å². The van der Waals surface area contributed by atoms with Gasteiger partial charge in [-0.3, -0.25) is 9.13 Å². The smallest absolute Gasteiger partial charge is 0.430 e. The molecule has 2 heterocycles. The highest BCUT2D eigenvalue weighted by Crippen LogP contribution is 2.50. The molecule has 0 saturated carbocycles. The van der Waals surface area contributed by atoms with Crippen molar-refractivity contribution in [2.45, 2.75) is 65.3 Å². The predicted molar refractivity (Wildman–Crippen MR) is 258 cm³/mol. The van der Waals surface area contributed by atoms with E-state index in [4.69, 9.17) is 14.2 Å². The summed E-state index contributed by atoms with van der Waals surface area (Å²) >= 11 is 0. The quantitative estimate of drug-likeness (QED) is 0.0739. The van der Waals surface area contributed by atoms with Gasteiger partial charge in [0, 0.05) is 16.9 Å². The molecule has 1 N–H and O–H groups in total. The minimum absolute atomic E-state index is 0. The van der Waals surface area contributed by atoms with E-state index in [-0.39, 0.29) is 25.6 Å². The SMILES string of the molecule is C.CC(C)Oc1ccc(-n2cnc3cc(/C=C\c4ccc(C(O)(C(F)(F)F)C(F)(F)F)cc4)ccc32)cc1.COC(=O)c1ccc(/C=C\c2ccc3c(c2)ncn3-c2ccc(OC(C)C)cc2)cc1. The molecule has 0 atom stereocenters. The van der Waals surface area contributed by atoms with Crippen LogP contribution in [-0.4, -0.2) is 61.8 Å². The second-order valence-electron chi connectivity index (χ2n) is 16.2. The van der Waals surface area contributed by atoms with Crippen LogP contribution >= 0.6 is 0 Å². The molecular weight excluding hydrogens is 899 g/mol. The minimum atomic E-state index is -5.93. The van der Waals surface area contributed by atoms with Crippen molar-refractivity contribution in [2.75, 3.05) is 7.11 Å². The van der Waals surface area contributed by atoms with Crippen molar-refractivity contribution in [3.8, 4) is 22.9 Å². The lowest BCUT2D eigenvalue weighted by atomic mass is 9.91. The maximum atomic E-state index is 13.1. The molecule has 0 amide bonds. The summed E-state index contributed by atoms with van der Waals surface area (Å²) in [6.45, 7) is 7.92. The number of rotatable bonds is 12. The highest BCUT2D eigenvalue weighted by atomic mass is 19.4. The normalized spacial score (nSPS) is 12.1. The Bertz CT molecular complexity index is 3030. The molecular formula is C54H50F6N4O5. The van der Waals surface area contributed by atoms with Crippen LogP contribution in [0.1, 0.15) is 73.3 Å². The number of ether oxygens (including phenoxy) is 3. The summed E-state index contributed by atoms with van der Waals surface area (Å²) in [5.74, 6) is 1.28. The van der Waals surface area contributed by atoms with Crippen LogP contribution in [0.4, 0.5) is 26.3 Å². The zero-order valence-electron chi connectivity index (χ0n) is 37.5. The average molecular weight is 949 g/mol. The molecule has 0 aliphatic heterocycles. The largest absolute Gasteiger partial charge is 0.491 e. The first-order valence-electron chi connectivity index (χ1n) is 21.3. The van der Waals surface area contributed by atoms with Crippen molar-refractivity contribution < 1.29 is 50.5 Å². The van der Waals surface area contributed by atoms with Crippen molar-refractivity contribution in [3.63, 3.8) is 0 Å². The van der Waals surface area contributed by atoms with Gasteiger partial charge in [0.1, 0.15) is 24.2 Å². The van der Waals surface area contributed by atoms with Gasteiger partial charge in [-0.2, -0.15) is 26.3 Å². The molecule has 15 heteroatoms. The lowest BCUT2D eigenvalue weighted by molar-refractivity contribution is -0.376. The van der Waals surface area contributed by atoms with Crippen LogP contribution in [0.25, 0.3) is 57.7 Å². The molecule has 0 spiro atoms. The maximum Gasteiger partial charge on any atom is 0.430 e. The van der Waals surface area contributed by atoms with Crippen molar-refractivity contribution in [1.82, 2.24) is 19.1 Å². The van der Waals surface area contributed by atoms with Crippen molar-refractivity contribution in [2.24, 2.45) is 0 Å². The first-order valence-corrected chi connectivity index (χ1v) is 21.3. The van der Waals surface area contributed by atoms with E-state index < -0.39 is 23.5 Å². The minimum Gasteiger partial charge on any atom is -0.491 e. The van der Waals surface area contributed by atoms with Crippen molar-refractivity contribution >= 4 is 52.3 Å². The van der Waals surface area contributed by atoms with Crippen LogP contribution in [0.5, 0.6) is 11.5 Å². The van der Waals surface area contributed by atoms with Gasteiger partial charge in [0.25, 0.3) is 5.60 Å². The summed E-state index contributed by atoms with van der Waals surface area (Å²) in [4.78, 5) is 20.5. The molecule has 358 valence electrons. The number of hydrogen-bond acceptors (Lipinski definition) is 7. The lowest BCUT2D eigenvalue weighted by Gasteiger charge is -2.32. The number of hydrogen-bond donors (Lipinski definition) is 1. The summed E-state index contributed by atoms with van der Waals surface area (Å²) < 4.78 is 98.4. The Morgan fingerprint density at radius 3 is 1.28 bits per heavy atom. The molecule has 0 aliphatic rings. The second-order valence-corrected chi connectivity index (χ2v) is 16.2. The van der Waals surface area contributed by atoms with Crippen LogP contribution in [0.15, 0.2) is 146 Å². The number of imidazole rings is 2. The standard InChI is InChI=1S/C27H22F6N2O2.C26H24N2O3.CH4/c1-17(2)37-22-12-10-21(11-13-22)35-16-34-23-15-19(7-14-24(23)35)4-3-18-5-8-20(9-6-18)25(36,26(28,29)30)27(31,32)33;1-18(2)31-23-13-11-22(12-14-23)28-17-27-24-16-20(8-15-25(24)28)5-4-19-6-9-21(10-7-19)26(29)30-3;/h3-17,36H,1-2H3;4-18H,1-3H3;1H4/b4-3-;5-4-;. The Balaban J connectivity index is 0.000000227. The Kier molecular flexibility index (Phi) is 15.5. The number of aromatic nitrogens is 4. The molecule has 8 rings (SSSR count). The van der Waals surface area contributed by atoms with Crippen LogP contribution in [-0.2, 0) is 10.3 Å². The zero-order valence-corrected chi connectivity index (χ0v) is 37.5. The fourth-order valence-corrected chi connectivity index (χ4v) is 7.15. The summed E-state index contributed by atoms with van der Waals surface area (Å²) in [6, 6.07) is 37.9. The highest BCUT2D eigenvalue weighted by Gasteiger charge is 2.71. The highest BCUT2D eigenvalue weighted by molar-refractivity contribution is 5.90. The van der Waals surface area contributed by atoms with Gasteiger partial charge in [0.15, 0.2) is 0 Å². The van der Waals surface area contributed by atoms with E-state index >= 15 is 0 Å². The third-order valence-corrected chi connectivity index (χ3v) is 10.5. The van der Waals surface area contributed by atoms with E-state index in [1.807, 2.05) is 124 Å². The van der Waals surface area contributed by atoms with Gasteiger partial charge in [-0.25, -0.2) is 14.8 Å². The third-order valence-electron chi connectivity index (χ3n) is 10.5. The number of fused-ring (bicyclic) bond motifs is 2. The van der Waals surface area contributed by atoms with Gasteiger partial charge in [-0.05, 0) is 135 Å². The molecule has 0 fully saturated rings. The van der Waals surface area contributed by atoms with Crippen molar-refractivity contribution in [1.29, 1.82) is 0 Å². The zero-order chi connectivity index (χ0) is 48.8. The number of carbonyl (C=O) groups excluding carboxylic acids is 1.